The molecule has 1 aromatic rings. The van der Waals surface area contributed by atoms with E-state index in [2.05, 4.69) is 17.6 Å². The largest absolute Gasteiger partial charge is 0.495 e. The molecule has 0 unspecified atom stereocenters. The first kappa shape index (κ1) is 19.0. The van der Waals surface area contributed by atoms with E-state index in [1.807, 2.05) is 13.0 Å². The standard InChI is InChI=1S/C17H26N2O4/c1-4-5-10-23-11-6-9-18-16(20)17(21)19-14-12-13(2)7-8-15(14)22-3/h7-8,12H,4-6,9-11H2,1-3H3,(H,18,20)(H,19,21). The summed E-state index contributed by atoms with van der Waals surface area (Å²) in [5, 5.41) is 5.14. The molecule has 0 aliphatic rings. The number of unbranched alkanes of at least 4 members (excludes halogenated alkanes) is 1. The molecule has 0 saturated carbocycles. The van der Waals surface area contributed by atoms with Gasteiger partial charge in [-0.25, -0.2) is 0 Å². The van der Waals surface area contributed by atoms with Crippen molar-refractivity contribution in [1.82, 2.24) is 5.32 Å². The summed E-state index contributed by atoms with van der Waals surface area (Å²) >= 11 is 0. The average Bonchev–Trinajstić information content (AvgIpc) is 2.54. The highest BCUT2D eigenvalue weighted by atomic mass is 16.5. The number of carbonyl (C=O) groups is 2. The number of rotatable bonds is 9. The second-order valence-corrected chi connectivity index (χ2v) is 5.23. The van der Waals surface area contributed by atoms with Gasteiger partial charge in [0.2, 0.25) is 0 Å². The van der Waals surface area contributed by atoms with Crippen molar-refractivity contribution in [3.63, 3.8) is 0 Å². The van der Waals surface area contributed by atoms with Crippen molar-refractivity contribution in [2.45, 2.75) is 33.1 Å². The lowest BCUT2D eigenvalue weighted by molar-refractivity contribution is -0.136. The maximum absolute atomic E-state index is 11.9. The first-order chi connectivity index (χ1) is 11.1. The Morgan fingerprint density at radius 1 is 1.13 bits per heavy atom. The molecule has 1 aromatic carbocycles. The molecule has 0 aliphatic heterocycles. The number of methoxy groups -OCH3 is 1. The molecule has 6 nitrogen and oxygen atoms in total. The second kappa shape index (κ2) is 10.6. The first-order valence-corrected chi connectivity index (χ1v) is 7.90. The fraction of sp³-hybridized carbons (Fsp3) is 0.529. The van der Waals surface area contributed by atoms with Crippen molar-refractivity contribution in [2.24, 2.45) is 0 Å². The Hall–Kier alpha value is -2.08. The fourth-order valence-corrected chi connectivity index (χ4v) is 1.90. The van der Waals surface area contributed by atoms with Gasteiger partial charge in [0.05, 0.1) is 12.8 Å². The lowest BCUT2D eigenvalue weighted by Crippen LogP contribution is -2.36. The highest BCUT2D eigenvalue weighted by Crippen LogP contribution is 2.24. The van der Waals surface area contributed by atoms with Crippen LogP contribution in [0.5, 0.6) is 5.75 Å². The van der Waals surface area contributed by atoms with E-state index in [1.54, 1.807) is 12.1 Å². The van der Waals surface area contributed by atoms with Crippen LogP contribution in [0.2, 0.25) is 0 Å². The number of nitrogens with one attached hydrogen (secondary N) is 2. The molecule has 128 valence electrons. The molecule has 2 N–H and O–H groups in total. The van der Waals surface area contributed by atoms with E-state index in [0.717, 1.165) is 25.0 Å². The van der Waals surface area contributed by atoms with Gasteiger partial charge in [-0.1, -0.05) is 19.4 Å². The van der Waals surface area contributed by atoms with Crippen molar-refractivity contribution in [3.8, 4) is 5.75 Å². The summed E-state index contributed by atoms with van der Waals surface area (Å²) in [6, 6.07) is 5.37. The third kappa shape index (κ3) is 7.15. The number of carbonyl (C=O) groups excluding carboxylic acids is 2. The van der Waals surface area contributed by atoms with E-state index in [9.17, 15) is 9.59 Å². The van der Waals surface area contributed by atoms with Crippen LogP contribution in [-0.2, 0) is 14.3 Å². The van der Waals surface area contributed by atoms with Crippen LogP contribution >= 0.6 is 0 Å². The smallest absolute Gasteiger partial charge is 0.313 e. The maximum atomic E-state index is 11.9. The predicted octanol–water partition coefficient (Wildman–Crippen LogP) is 2.27. The number of amides is 2. The minimum absolute atomic E-state index is 0.406. The Bertz CT molecular complexity index is 517. The van der Waals surface area contributed by atoms with Crippen LogP contribution in [0.4, 0.5) is 5.69 Å². The SMILES string of the molecule is CCCCOCCCNC(=O)C(=O)Nc1cc(C)ccc1OC. The molecule has 0 bridgehead atoms. The van der Waals surface area contributed by atoms with Crippen LogP contribution in [0.1, 0.15) is 31.7 Å². The van der Waals surface area contributed by atoms with Crippen molar-refractivity contribution >= 4 is 17.5 Å². The maximum Gasteiger partial charge on any atom is 0.313 e. The summed E-state index contributed by atoms with van der Waals surface area (Å²) < 4.78 is 10.6. The Balaban J connectivity index is 2.34. The summed E-state index contributed by atoms with van der Waals surface area (Å²) in [5.41, 5.74) is 1.45. The molecular weight excluding hydrogens is 296 g/mol. The summed E-state index contributed by atoms with van der Waals surface area (Å²) in [5.74, 6) is -0.857. The molecule has 0 fully saturated rings. The van der Waals surface area contributed by atoms with Gasteiger partial charge in [0.15, 0.2) is 0 Å². The van der Waals surface area contributed by atoms with Gasteiger partial charge in [0.1, 0.15) is 5.75 Å². The third-order valence-electron chi connectivity index (χ3n) is 3.20. The van der Waals surface area contributed by atoms with Crippen LogP contribution in [-0.4, -0.2) is 38.7 Å². The van der Waals surface area contributed by atoms with E-state index in [4.69, 9.17) is 9.47 Å². The Labute approximate surface area is 137 Å². The summed E-state index contributed by atoms with van der Waals surface area (Å²) in [6.45, 7) is 5.72. The molecule has 0 spiro atoms. The van der Waals surface area contributed by atoms with Crippen molar-refractivity contribution in [2.75, 3.05) is 32.2 Å². The first-order valence-electron chi connectivity index (χ1n) is 7.90. The van der Waals surface area contributed by atoms with Gasteiger partial charge in [-0.05, 0) is 37.5 Å². The van der Waals surface area contributed by atoms with Crippen LogP contribution in [0.25, 0.3) is 0 Å². The zero-order valence-corrected chi connectivity index (χ0v) is 14.1. The summed E-state index contributed by atoms with van der Waals surface area (Å²) in [7, 11) is 1.51. The zero-order chi connectivity index (χ0) is 17.1. The Kier molecular flexibility index (Phi) is 8.75. The third-order valence-corrected chi connectivity index (χ3v) is 3.20. The van der Waals surface area contributed by atoms with Crippen molar-refractivity contribution < 1.29 is 19.1 Å². The van der Waals surface area contributed by atoms with E-state index in [0.29, 0.717) is 31.0 Å². The van der Waals surface area contributed by atoms with Gasteiger partial charge in [-0.2, -0.15) is 0 Å². The quantitative estimate of drug-likeness (QED) is 0.540. The van der Waals surface area contributed by atoms with Gasteiger partial charge in [-0.15, -0.1) is 0 Å². The second-order valence-electron chi connectivity index (χ2n) is 5.23. The summed E-state index contributed by atoms with van der Waals surface area (Å²) in [4.78, 5) is 23.6. The number of hydrogen-bond donors (Lipinski definition) is 2. The van der Waals surface area contributed by atoms with Gasteiger partial charge in [-0.3, -0.25) is 9.59 Å². The van der Waals surface area contributed by atoms with E-state index in [-0.39, 0.29) is 0 Å². The Morgan fingerprint density at radius 3 is 2.57 bits per heavy atom. The van der Waals surface area contributed by atoms with Gasteiger partial charge in [0.25, 0.3) is 0 Å². The molecule has 2 amide bonds. The van der Waals surface area contributed by atoms with Gasteiger partial charge >= 0.3 is 11.8 Å². The molecule has 0 radical (unpaired) electrons. The number of ether oxygens (including phenoxy) is 2. The molecule has 0 aliphatic carbocycles. The normalized spacial score (nSPS) is 10.2. The van der Waals surface area contributed by atoms with Crippen LogP contribution in [0.15, 0.2) is 18.2 Å². The van der Waals surface area contributed by atoms with E-state index < -0.39 is 11.8 Å². The fourth-order valence-electron chi connectivity index (χ4n) is 1.90. The zero-order valence-electron chi connectivity index (χ0n) is 14.1. The molecular formula is C17H26N2O4. The number of hydrogen-bond acceptors (Lipinski definition) is 4. The average molecular weight is 322 g/mol. The van der Waals surface area contributed by atoms with Gasteiger partial charge in [0, 0.05) is 19.8 Å². The molecule has 0 saturated heterocycles. The molecule has 0 atom stereocenters. The predicted molar refractivity (Wildman–Crippen MR) is 89.7 cm³/mol. The monoisotopic (exact) mass is 322 g/mol. The molecule has 23 heavy (non-hydrogen) atoms. The minimum Gasteiger partial charge on any atom is -0.495 e. The highest BCUT2D eigenvalue weighted by molar-refractivity contribution is 6.39. The lowest BCUT2D eigenvalue weighted by Gasteiger charge is -2.11. The van der Waals surface area contributed by atoms with Crippen molar-refractivity contribution in [3.05, 3.63) is 23.8 Å². The molecule has 0 heterocycles. The lowest BCUT2D eigenvalue weighted by atomic mass is 10.2. The van der Waals surface area contributed by atoms with Crippen molar-refractivity contribution in [1.29, 1.82) is 0 Å². The van der Waals surface area contributed by atoms with Crippen LogP contribution in [0, 0.1) is 6.92 Å². The van der Waals surface area contributed by atoms with Crippen LogP contribution in [0.3, 0.4) is 0 Å². The minimum atomic E-state index is -0.708. The number of aryl methyl sites for hydroxylation is 1. The molecule has 0 aromatic heterocycles. The Morgan fingerprint density at radius 2 is 1.87 bits per heavy atom. The van der Waals surface area contributed by atoms with Gasteiger partial charge < -0.3 is 20.1 Å². The molecule has 1 rings (SSSR count). The highest BCUT2D eigenvalue weighted by Gasteiger charge is 2.15. The number of anilines is 1. The topological polar surface area (TPSA) is 76.7 Å². The number of benzene rings is 1. The molecule has 6 heteroatoms. The summed E-state index contributed by atoms with van der Waals surface area (Å²) in [6.07, 6.45) is 2.81. The van der Waals surface area contributed by atoms with E-state index >= 15 is 0 Å². The van der Waals surface area contributed by atoms with Crippen LogP contribution < -0.4 is 15.4 Å². The van der Waals surface area contributed by atoms with E-state index in [1.165, 1.54) is 7.11 Å².